The van der Waals surface area contributed by atoms with Gasteiger partial charge in [0.15, 0.2) is 0 Å². The summed E-state index contributed by atoms with van der Waals surface area (Å²) in [5.41, 5.74) is 0. The highest BCUT2D eigenvalue weighted by molar-refractivity contribution is 5.82. The third-order valence-corrected chi connectivity index (χ3v) is 2.62. The lowest BCUT2D eigenvalue weighted by Gasteiger charge is -2.35. The number of aliphatic hydroxyl groups is 1. The van der Waals surface area contributed by atoms with Gasteiger partial charge in [0, 0.05) is 6.54 Å². The molecular formula is C9H18N2O2. The summed E-state index contributed by atoms with van der Waals surface area (Å²) in [5.74, 6) is 0.121. The number of piperidine rings is 1. The van der Waals surface area contributed by atoms with Gasteiger partial charge >= 0.3 is 0 Å². The number of likely N-dealkylation sites (tertiary alicyclic amines) is 1. The van der Waals surface area contributed by atoms with Crippen molar-refractivity contribution in [3.05, 3.63) is 0 Å². The molecule has 4 nitrogen and oxygen atoms in total. The van der Waals surface area contributed by atoms with E-state index < -0.39 is 0 Å². The fourth-order valence-electron chi connectivity index (χ4n) is 1.70. The standard InChI is InChI=1S/C9H18N2O2/c1-7(6-12)11-5-3-4-8(10-2)9(11)13/h7-8,10,12H,3-6H2,1-2H3. The van der Waals surface area contributed by atoms with Crippen molar-refractivity contribution < 1.29 is 9.90 Å². The molecule has 2 unspecified atom stereocenters. The Morgan fingerprint density at radius 3 is 3.00 bits per heavy atom. The SMILES string of the molecule is CNC1CCCN(C(C)CO)C1=O. The fourth-order valence-corrected chi connectivity index (χ4v) is 1.70. The summed E-state index contributed by atoms with van der Waals surface area (Å²) < 4.78 is 0. The van der Waals surface area contributed by atoms with Gasteiger partial charge in [-0.1, -0.05) is 0 Å². The van der Waals surface area contributed by atoms with E-state index in [-0.39, 0.29) is 24.6 Å². The minimum atomic E-state index is -0.0530. The first kappa shape index (κ1) is 10.5. The Morgan fingerprint density at radius 1 is 1.77 bits per heavy atom. The molecule has 1 fully saturated rings. The van der Waals surface area contributed by atoms with Crippen molar-refractivity contribution in [1.29, 1.82) is 0 Å². The Labute approximate surface area is 78.9 Å². The maximum absolute atomic E-state index is 11.7. The lowest BCUT2D eigenvalue weighted by atomic mass is 10.0. The van der Waals surface area contributed by atoms with E-state index in [1.54, 1.807) is 11.9 Å². The van der Waals surface area contributed by atoms with Crippen molar-refractivity contribution in [1.82, 2.24) is 10.2 Å². The van der Waals surface area contributed by atoms with Crippen LogP contribution in [0, 0.1) is 0 Å². The van der Waals surface area contributed by atoms with Gasteiger partial charge in [0.25, 0.3) is 0 Å². The number of carbonyl (C=O) groups excluding carboxylic acids is 1. The fraction of sp³-hybridized carbons (Fsp3) is 0.889. The summed E-state index contributed by atoms with van der Waals surface area (Å²) >= 11 is 0. The van der Waals surface area contributed by atoms with Gasteiger partial charge in [-0.3, -0.25) is 4.79 Å². The van der Waals surface area contributed by atoms with Gasteiger partial charge in [0.2, 0.25) is 5.91 Å². The van der Waals surface area contributed by atoms with Crippen LogP contribution in [0.4, 0.5) is 0 Å². The summed E-state index contributed by atoms with van der Waals surface area (Å²) in [6.45, 7) is 2.69. The summed E-state index contributed by atoms with van der Waals surface area (Å²) in [4.78, 5) is 13.5. The Balaban J connectivity index is 2.59. The number of rotatable bonds is 3. The molecule has 76 valence electrons. The van der Waals surface area contributed by atoms with Crippen LogP contribution >= 0.6 is 0 Å². The molecule has 1 rings (SSSR count). The average Bonchev–Trinajstić information content (AvgIpc) is 2.17. The Hall–Kier alpha value is -0.610. The van der Waals surface area contributed by atoms with Crippen LogP contribution in [-0.2, 0) is 4.79 Å². The van der Waals surface area contributed by atoms with Crippen LogP contribution in [0.5, 0.6) is 0 Å². The normalized spacial score (nSPS) is 26.2. The highest BCUT2D eigenvalue weighted by Crippen LogP contribution is 2.13. The van der Waals surface area contributed by atoms with Crippen molar-refractivity contribution in [3.8, 4) is 0 Å². The van der Waals surface area contributed by atoms with E-state index >= 15 is 0 Å². The number of amides is 1. The summed E-state index contributed by atoms with van der Waals surface area (Å²) in [6.07, 6.45) is 1.92. The van der Waals surface area contributed by atoms with Crippen molar-refractivity contribution in [3.63, 3.8) is 0 Å². The number of nitrogens with zero attached hydrogens (tertiary/aromatic N) is 1. The highest BCUT2D eigenvalue weighted by Gasteiger charge is 2.29. The smallest absolute Gasteiger partial charge is 0.240 e. The molecule has 1 amide bonds. The second kappa shape index (κ2) is 4.58. The number of likely N-dealkylation sites (N-methyl/N-ethyl adjacent to an activating group) is 1. The second-order valence-electron chi connectivity index (χ2n) is 3.55. The molecule has 0 radical (unpaired) electrons. The molecule has 4 heteroatoms. The number of hydrogen-bond acceptors (Lipinski definition) is 3. The third-order valence-electron chi connectivity index (χ3n) is 2.62. The molecule has 2 N–H and O–H groups in total. The molecule has 1 heterocycles. The zero-order valence-electron chi connectivity index (χ0n) is 8.29. The van der Waals surface area contributed by atoms with Crippen molar-refractivity contribution in [2.75, 3.05) is 20.2 Å². The molecule has 1 aliphatic heterocycles. The molecule has 0 aromatic carbocycles. The molecule has 0 aliphatic carbocycles. The minimum absolute atomic E-state index is 0.0438. The lowest BCUT2D eigenvalue weighted by molar-refractivity contribution is -0.138. The molecule has 2 atom stereocenters. The maximum atomic E-state index is 11.7. The Morgan fingerprint density at radius 2 is 2.46 bits per heavy atom. The van der Waals surface area contributed by atoms with Gasteiger partial charge in [0.1, 0.15) is 0 Å². The maximum Gasteiger partial charge on any atom is 0.240 e. The zero-order valence-corrected chi connectivity index (χ0v) is 8.29. The monoisotopic (exact) mass is 186 g/mol. The van der Waals surface area contributed by atoms with Gasteiger partial charge < -0.3 is 15.3 Å². The van der Waals surface area contributed by atoms with Crippen LogP contribution in [0.25, 0.3) is 0 Å². The van der Waals surface area contributed by atoms with E-state index in [1.807, 2.05) is 6.92 Å². The van der Waals surface area contributed by atoms with Crippen molar-refractivity contribution in [2.45, 2.75) is 31.8 Å². The third kappa shape index (κ3) is 2.19. The van der Waals surface area contributed by atoms with Crippen molar-refractivity contribution >= 4 is 5.91 Å². The summed E-state index contributed by atoms with van der Waals surface area (Å²) in [6, 6.07) is -0.105. The van der Waals surface area contributed by atoms with E-state index in [2.05, 4.69) is 5.32 Å². The molecule has 0 saturated carbocycles. The van der Waals surface area contributed by atoms with E-state index in [1.165, 1.54) is 0 Å². The highest BCUT2D eigenvalue weighted by atomic mass is 16.3. The Kier molecular flexibility index (Phi) is 3.69. The van der Waals surface area contributed by atoms with Crippen LogP contribution in [0.1, 0.15) is 19.8 Å². The molecule has 1 aliphatic rings. The van der Waals surface area contributed by atoms with E-state index in [0.29, 0.717) is 0 Å². The lowest BCUT2D eigenvalue weighted by Crippen LogP contribution is -2.53. The van der Waals surface area contributed by atoms with Gasteiger partial charge in [-0.05, 0) is 26.8 Å². The first-order chi connectivity index (χ1) is 6.20. The summed E-state index contributed by atoms with van der Waals surface area (Å²) in [5, 5.41) is 11.9. The topological polar surface area (TPSA) is 52.6 Å². The average molecular weight is 186 g/mol. The molecule has 1 saturated heterocycles. The second-order valence-corrected chi connectivity index (χ2v) is 3.55. The quantitative estimate of drug-likeness (QED) is 0.629. The van der Waals surface area contributed by atoms with Gasteiger partial charge in [-0.25, -0.2) is 0 Å². The van der Waals surface area contributed by atoms with Crippen LogP contribution in [0.2, 0.25) is 0 Å². The van der Waals surface area contributed by atoms with Gasteiger partial charge in [-0.2, -0.15) is 0 Å². The molecule has 0 bridgehead atoms. The van der Waals surface area contributed by atoms with Crippen LogP contribution in [0.3, 0.4) is 0 Å². The molecule has 0 aromatic heterocycles. The molecule has 0 spiro atoms. The number of nitrogens with one attached hydrogen (secondary N) is 1. The van der Waals surface area contributed by atoms with E-state index in [9.17, 15) is 4.79 Å². The van der Waals surface area contributed by atoms with Crippen LogP contribution in [0.15, 0.2) is 0 Å². The number of aliphatic hydroxyl groups excluding tert-OH is 1. The number of hydrogen-bond donors (Lipinski definition) is 2. The largest absolute Gasteiger partial charge is 0.394 e. The molecule has 13 heavy (non-hydrogen) atoms. The van der Waals surface area contributed by atoms with E-state index in [4.69, 9.17) is 5.11 Å². The molecule has 0 aromatic rings. The van der Waals surface area contributed by atoms with E-state index in [0.717, 1.165) is 19.4 Å². The Bertz CT molecular complexity index is 184. The minimum Gasteiger partial charge on any atom is -0.394 e. The predicted octanol–water partition coefficient (Wildman–Crippen LogP) is -0.422. The first-order valence-electron chi connectivity index (χ1n) is 4.79. The first-order valence-corrected chi connectivity index (χ1v) is 4.79. The van der Waals surface area contributed by atoms with Gasteiger partial charge in [0.05, 0.1) is 18.7 Å². The van der Waals surface area contributed by atoms with Crippen molar-refractivity contribution in [2.24, 2.45) is 0 Å². The van der Waals surface area contributed by atoms with Crippen LogP contribution < -0.4 is 5.32 Å². The number of carbonyl (C=O) groups is 1. The van der Waals surface area contributed by atoms with Crippen LogP contribution in [-0.4, -0.2) is 48.2 Å². The predicted molar refractivity (Wildman–Crippen MR) is 50.3 cm³/mol. The molecular weight excluding hydrogens is 168 g/mol. The summed E-state index contributed by atoms with van der Waals surface area (Å²) in [7, 11) is 1.80. The van der Waals surface area contributed by atoms with Gasteiger partial charge in [-0.15, -0.1) is 0 Å². The zero-order chi connectivity index (χ0) is 9.84.